The molecule has 1 amide bonds. The van der Waals surface area contributed by atoms with Crippen molar-refractivity contribution in [1.82, 2.24) is 5.32 Å². The zero-order valence-corrected chi connectivity index (χ0v) is 21.2. The van der Waals surface area contributed by atoms with Gasteiger partial charge in [0.1, 0.15) is 30.4 Å². The second kappa shape index (κ2) is 11.2. The van der Waals surface area contributed by atoms with E-state index >= 15 is 0 Å². The van der Waals surface area contributed by atoms with Crippen molar-refractivity contribution in [3.63, 3.8) is 0 Å². The molecule has 0 unspecified atom stereocenters. The first-order chi connectivity index (χ1) is 16.2. The summed E-state index contributed by atoms with van der Waals surface area (Å²) in [5.41, 5.74) is 1.27. The Balaban J connectivity index is 1.51. The Morgan fingerprint density at radius 1 is 1.15 bits per heavy atom. The van der Waals surface area contributed by atoms with Crippen molar-refractivity contribution in [2.24, 2.45) is 0 Å². The monoisotopic (exact) mass is 547 g/mol. The third-order valence-corrected chi connectivity index (χ3v) is 6.87. The molecule has 34 heavy (non-hydrogen) atoms. The van der Waals surface area contributed by atoms with Crippen molar-refractivity contribution in [3.8, 4) is 0 Å². The summed E-state index contributed by atoms with van der Waals surface area (Å²) in [6, 6.07) is 16.4. The molecule has 2 aliphatic heterocycles. The lowest BCUT2D eigenvalue weighted by Crippen LogP contribution is -2.65. The minimum Gasteiger partial charge on any atom is -0.445 e. The number of thioether (sulfide) groups is 1. The molecule has 184 valence electrons. The van der Waals surface area contributed by atoms with Gasteiger partial charge in [0.05, 0.1) is 12.6 Å². The highest BCUT2D eigenvalue weighted by molar-refractivity contribution is 7.99. The smallest absolute Gasteiger partial charge is 0.407 e. The van der Waals surface area contributed by atoms with Gasteiger partial charge in [0.15, 0.2) is 6.29 Å². The van der Waals surface area contributed by atoms with E-state index in [0.29, 0.717) is 0 Å². The number of amides is 1. The maximum absolute atomic E-state index is 12.4. The zero-order valence-electron chi connectivity index (χ0n) is 18.1. The predicted molar refractivity (Wildman–Crippen MR) is 130 cm³/mol. The van der Waals surface area contributed by atoms with Crippen LogP contribution in [-0.2, 0) is 18.9 Å². The minimum atomic E-state index is -1.76. The van der Waals surface area contributed by atoms with Gasteiger partial charge in [-0.1, -0.05) is 94.6 Å². The molecular weight excluding hydrogens is 525 g/mol. The van der Waals surface area contributed by atoms with E-state index in [1.54, 1.807) is 0 Å². The summed E-state index contributed by atoms with van der Waals surface area (Å²) < 4.78 is 21.4. The first kappa shape index (κ1) is 25.9. The van der Waals surface area contributed by atoms with E-state index in [-0.39, 0.29) is 6.61 Å². The predicted octanol–water partition coefficient (Wildman–Crippen LogP) is 4.75. The Morgan fingerprint density at radius 3 is 2.53 bits per heavy atom. The van der Waals surface area contributed by atoms with Crippen LogP contribution in [0.1, 0.15) is 17.4 Å². The largest absolute Gasteiger partial charge is 0.445 e. The third kappa shape index (κ3) is 6.71. The van der Waals surface area contributed by atoms with Crippen LogP contribution in [0.5, 0.6) is 0 Å². The zero-order chi connectivity index (χ0) is 24.3. The quantitative estimate of drug-likeness (QED) is 0.522. The Bertz CT molecular complexity index is 961. The van der Waals surface area contributed by atoms with Gasteiger partial charge in [-0.05, 0) is 19.1 Å². The van der Waals surface area contributed by atoms with Crippen LogP contribution in [-0.4, -0.2) is 58.0 Å². The molecule has 0 aliphatic carbocycles. The topological polar surface area (TPSA) is 86.3 Å². The van der Waals surface area contributed by atoms with E-state index in [0.717, 1.165) is 16.0 Å². The van der Waals surface area contributed by atoms with Gasteiger partial charge in [-0.15, -0.1) is 0 Å². The standard InChI is InChI=1S/C23H24Cl3NO6S/c1-13-7-9-15(10-8-13)34-21-17(27-22(29)31-12-23(24,25)26)18(28)19-16(32-21)11-30-20(33-19)14-5-3-2-4-6-14/h2-10,16-21,28H,11-12H2,1H3,(H,27,29)/t16-,17-,18-,19+,20+,21+/m1/s1. The number of benzene rings is 2. The molecule has 0 saturated carbocycles. The number of ether oxygens (including phenoxy) is 4. The van der Waals surface area contributed by atoms with E-state index in [1.807, 2.05) is 61.5 Å². The number of hydrogen-bond acceptors (Lipinski definition) is 7. The number of carbonyl (C=O) groups is 1. The molecule has 2 heterocycles. The van der Waals surface area contributed by atoms with Crippen LogP contribution >= 0.6 is 46.6 Å². The molecule has 4 rings (SSSR count). The Labute approximate surface area is 216 Å². The summed E-state index contributed by atoms with van der Waals surface area (Å²) >= 11 is 18.4. The molecule has 2 aromatic carbocycles. The lowest BCUT2D eigenvalue weighted by molar-refractivity contribution is -0.306. The van der Waals surface area contributed by atoms with Crippen molar-refractivity contribution < 1.29 is 28.8 Å². The molecule has 0 radical (unpaired) electrons. The summed E-state index contributed by atoms with van der Waals surface area (Å²) in [4.78, 5) is 13.3. The average molecular weight is 549 g/mol. The molecule has 7 nitrogen and oxygen atoms in total. The van der Waals surface area contributed by atoms with Gasteiger partial charge in [-0.25, -0.2) is 4.79 Å². The number of alkyl halides is 3. The lowest BCUT2D eigenvalue weighted by Gasteiger charge is -2.47. The van der Waals surface area contributed by atoms with Crippen LogP contribution in [0.4, 0.5) is 4.79 Å². The minimum absolute atomic E-state index is 0.219. The molecule has 2 aliphatic rings. The SMILES string of the molecule is Cc1ccc(S[C@@H]2O[C@@H]3CO[C@H](c4ccccc4)O[C@@H]3[C@H](O)[C@H]2NC(=O)OCC(Cl)(Cl)Cl)cc1. The van der Waals surface area contributed by atoms with Crippen molar-refractivity contribution in [2.45, 2.75) is 51.7 Å². The maximum Gasteiger partial charge on any atom is 0.407 e. The first-order valence-corrected chi connectivity index (χ1v) is 12.6. The number of rotatable bonds is 5. The summed E-state index contributed by atoms with van der Waals surface area (Å²) in [6.45, 7) is 1.76. The van der Waals surface area contributed by atoms with E-state index in [1.165, 1.54) is 11.8 Å². The number of aryl methyl sites for hydroxylation is 1. The number of hydrogen-bond donors (Lipinski definition) is 2. The molecule has 0 aromatic heterocycles. The lowest BCUT2D eigenvalue weighted by atomic mass is 9.97. The molecule has 2 aromatic rings. The fourth-order valence-electron chi connectivity index (χ4n) is 3.70. The second-order valence-electron chi connectivity index (χ2n) is 8.00. The summed E-state index contributed by atoms with van der Waals surface area (Å²) in [5.74, 6) is 0. The van der Waals surface area contributed by atoms with Gasteiger partial charge in [-0.2, -0.15) is 0 Å². The molecule has 2 saturated heterocycles. The number of aliphatic hydroxyl groups excluding tert-OH is 1. The number of fused-ring (bicyclic) bond motifs is 1. The van der Waals surface area contributed by atoms with Gasteiger partial charge in [0.25, 0.3) is 0 Å². The highest BCUT2D eigenvalue weighted by atomic mass is 35.6. The third-order valence-electron chi connectivity index (χ3n) is 5.36. The van der Waals surface area contributed by atoms with Crippen LogP contribution in [0.15, 0.2) is 59.5 Å². The summed E-state index contributed by atoms with van der Waals surface area (Å²) in [7, 11) is 0. The average Bonchev–Trinajstić information content (AvgIpc) is 2.81. The van der Waals surface area contributed by atoms with E-state index in [2.05, 4.69) is 5.32 Å². The summed E-state index contributed by atoms with van der Waals surface area (Å²) in [6.07, 6.45) is -3.91. The molecular formula is C23H24Cl3NO6S. The highest BCUT2D eigenvalue weighted by Gasteiger charge is 2.50. The molecule has 0 bridgehead atoms. The highest BCUT2D eigenvalue weighted by Crippen LogP contribution is 2.39. The van der Waals surface area contributed by atoms with Gasteiger partial charge in [0.2, 0.25) is 3.79 Å². The Hall–Kier alpha value is -1.23. The van der Waals surface area contributed by atoms with Gasteiger partial charge in [0, 0.05) is 10.5 Å². The molecule has 2 N–H and O–H groups in total. The molecule has 6 atom stereocenters. The van der Waals surface area contributed by atoms with Gasteiger partial charge >= 0.3 is 6.09 Å². The van der Waals surface area contributed by atoms with Gasteiger partial charge in [-0.3, -0.25) is 0 Å². The maximum atomic E-state index is 12.4. The number of carbonyl (C=O) groups excluding carboxylic acids is 1. The van der Waals surface area contributed by atoms with Gasteiger partial charge < -0.3 is 29.4 Å². The summed E-state index contributed by atoms with van der Waals surface area (Å²) in [5, 5.41) is 13.9. The van der Waals surface area contributed by atoms with Crippen LogP contribution < -0.4 is 5.32 Å². The van der Waals surface area contributed by atoms with Crippen molar-refractivity contribution in [1.29, 1.82) is 0 Å². The Morgan fingerprint density at radius 2 is 1.85 bits per heavy atom. The van der Waals surface area contributed by atoms with Crippen molar-refractivity contribution in [2.75, 3.05) is 13.2 Å². The van der Waals surface area contributed by atoms with Crippen LogP contribution in [0.25, 0.3) is 0 Å². The van der Waals surface area contributed by atoms with Crippen molar-refractivity contribution >= 4 is 52.7 Å². The number of nitrogens with one attached hydrogen (secondary N) is 1. The normalized spacial score (nSPS) is 29.2. The number of alkyl carbamates (subject to hydrolysis) is 1. The fourth-order valence-corrected chi connectivity index (χ4v) is 5.00. The Kier molecular flexibility index (Phi) is 8.53. The fraction of sp³-hybridized carbons (Fsp3) is 0.435. The molecule has 0 spiro atoms. The van der Waals surface area contributed by atoms with Crippen LogP contribution in [0, 0.1) is 6.92 Å². The van der Waals surface area contributed by atoms with E-state index < -0.39 is 52.6 Å². The second-order valence-corrected chi connectivity index (χ2v) is 11.7. The molecule has 11 heteroatoms. The first-order valence-electron chi connectivity index (χ1n) is 10.6. The van der Waals surface area contributed by atoms with Crippen LogP contribution in [0.3, 0.4) is 0 Å². The van der Waals surface area contributed by atoms with Crippen LogP contribution in [0.2, 0.25) is 0 Å². The number of halogens is 3. The van der Waals surface area contributed by atoms with Crippen molar-refractivity contribution in [3.05, 3.63) is 65.7 Å². The number of aliphatic hydroxyl groups is 1. The molecule has 2 fully saturated rings. The van der Waals surface area contributed by atoms with E-state index in [4.69, 9.17) is 53.8 Å². The van der Waals surface area contributed by atoms with E-state index in [9.17, 15) is 9.90 Å².